The summed E-state index contributed by atoms with van der Waals surface area (Å²) in [6.07, 6.45) is 0. The molecule has 0 saturated heterocycles. The van der Waals surface area contributed by atoms with Crippen LogP contribution in [0.3, 0.4) is 0 Å². The molecule has 2 rings (SSSR count). The predicted molar refractivity (Wildman–Crippen MR) is 83.2 cm³/mol. The Hall–Kier alpha value is -1.55. The minimum Gasteiger partial charge on any atom is -0.323 e. The van der Waals surface area contributed by atoms with Crippen molar-refractivity contribution in [2.24, 2.45) is 5.73 Å². The SMILES string of the molecule is Cc1ccc(C(N)C(=O)Nc2cccc(Cl)c2Cl)cc1. The number of nitrogens with two attached hydrogens (primary N) is 1. The zero-order chi connectivity index (χ0) is 14.7. The van der Waals surface area contributed by atoms with Crippen LogP contribution in [0.4, 0.5) is 5.69 Å². The molecule has 0 saturated carbocycles. The highest BCUT2D eigenvalue weighted by Gasteiger charge is 2.17. The molecule has 5 heteroatoms. The van der Waals surface area contributed by atoms with Gasteiger partial charge in [0.1, 0.15) is 6.04 Å². The number of halogens is 2. The second-order valence-electron chi connectivity index (χ2n) is 4.48. The molecule has 0 radical (unpaired) electrons. The summed E-state index contributed by atoms with van der Waals surface area (Å²) >= 11 is 11.9. The molecule has 3 N–H and O–H groups in total. The van der Waals surface area contributed by atoms with Crippen LogP contribution in [0.1, 0.15) is 17.2 Å². The molecule has 0 aliphatic carbocycles. The van der Waals surface area contributed by atoms with Crippen LogP contribution in [0.15, 0.2) is 42.5 Å². The first kappa shape index (κ1) is 14.9. The smallest absolute Gasteiger partial charge is 0.245 e. The van der Waals surface area contributed by atoms with Crippen molar-refractivity contribution in [1.29, 1.82) is 0 Å². The summed E-state index contributed by atoms with van der Waals surface area (Å²) < 4.78 is 0. The topological polar surface area (TPSA) is 55.1 Å². The first-order valence-corrected chi connectivity index (χ1v) is 6.81. The van der Waals surface area contributed by atoms with Gasteiger partial charge in [-0.2, -0.15) is 0 Å². The maximum atomic E-state index is 12.1. The Morgan fingerprint density at radius 1 is 1.15 bits per heavy atom. The third kappa shape index (κ3) is 3.31. The van der Waals surface area contributed by atoms with Crippen LogP contribution in [0.2, 0.25) is 10.0 Å². The van der Waals surface area contributed by atoms with Gasteiger partial charge in [0, 0.05) is 0 Å². The van der Waals surface area contributed by atoms with Gasteiger partial charge in [-0.25, -0.2) is 0 Å². The van der Waals surface area contributed by atoms with Crippen LogP contribution in [0, 0.1) is 6.92 Å². The number of carbonyl (C=O) groups is 1. The maximum Gasteiger partial charge on any atom is 0.245 e. The Labute approximate surface area is 127 Å². The van der Waals surface area contributed by atoms with Crippen molar-refractivity contribution >= 4 is 34.8 Å². The number of anilines is 1. The summed E-state index contributed by atoms with van der Waals surface area (Å²) in [5.41, 5.74) is 8.24. The highest BCUT2D eigenvalue weighted by molar-refractivity contribution is 6.44. The van der Waals surface area contributed by atoms with E-state index in [2.05, 4.69) is 5.32 Å². The molecule has 3 nitrogen and oxygen atoms in total. The lowest BCUT2D eigenvalue weighted by Gasteiger charge is -2.14. The molecule has 0 aliphatic heterocycles. The fraction of sp³-hybridized carbons (Fsp3) is 0.133. The van der Waals surface area contributed by atoms with Crippen LogP contribution in [0.25, 0.3) is 0 Å². The summed E-state index contributed by atoms with van der Waals surface area (Å²) in [6.45, 7) is 1.97. The molecule has 2 aromatic rings. The van der Waals surface area contributed by atoms with Gasteiger partial charge in [0.05, 0.1) is 15.7 Å². The Bertz CT molecular complexity index is 626. The molecule has 0 fully saturated rings. The zero-order valence-corrected chi connectivity index (χ0v) is 12.4. The molecule has 1 atom stereocenters. The average molecular weight is 309 g/mol. The summed E-state index contributed by atoms with van der Waals surface area (Å²) in [7, 11) is 0. The highest BCUT2D eigenvalue weighted by Crippen LogP contribution is 2.30. The molecule has 0 aliphatic rings. The minimum atomic E-state index is -0.759. The number of rotatable bonds is 3. The van der Waals surface area contributed by atoms with Crippen molar-refractivity contribution < 1.29 is 4.79 Å². The molecule has 0 bridgehead atoms. The summed E-state index contributed by atoms with van der Waals surface area (Å²) in [5.74, 6) is -0.335. The van der Waals surface area contributed by atoms with Gasteiger partial charge in [0.2, 0.25) is 5.91 Å². The Morgan fingerprint density at radius 3 is 2.45 bits per heavy atom. The van der Waals surface area contributed by atoms with E-state index in [0.717, 1.165) is 11.1 Å². The van der Waals surface area contributed by atoms with Gasteiger partial charge in [-0.15, -0.1) is 0 Å². The van der Waals surface area contributed by atoms with Crippen molar-refractivity contribution in [3.05, 3.63) is 63.6 Å². The van der Waals surface area contributed by atoms with Gasteiger partial charge in [-0.1, -0.05) is 59.1 Å². The summed E-state index contributed by atoms with van der Waals surface area (Å²) in [4.78, 5) is 12.1. The highest BCUT2D eigenvalue weighted by atomic mass is 35.5. The van der Waals surface area contributed by atoms with Crippen LogP contribution in [-0.4, -0.2) is 5.91 Å². The number of carbonyl (C=O) groups excluding carboxylic acids is 1. The lowest BCUT2D eigenvalue weighted by Crippen LogP contribution is -2.27. The van der Waals surface area contributed by atoms with Crippen LogP contribution < -0.4 is 11.1 Å². The molecule has 2 aromatic carbocycles. The third-order valence-corrected chi connectivity index (χ3v) is 3.75. The van der Waals surface area contributed by atoms with Gasteiger partial charge in [-0.3, -0.25) is 4.79 Å². The quantitative estimate of drug-likeness (QED) is 0.902. The molecular weight excluding hydrogens is 295 g/mol. The normalized spacial score (nSPS) is 12.0. The number of amides is 1. The average Bonchev–Trinajstić information content (AvgIpc) is 2.44. The Kier molecular flexibility index (Phi) is 4.65. The molecule has 20 heavy (non-hydrogen) atoms. The van der Waals surface area contributed by atoms with E-state index in [4.69, 9.17) is 28.9 Å². The van der Waals surface area contributed by atoms with Crippen molar-refractivity contribution in [3.8, 4) is 0 Å². The molecule has 0 heterocycles. The lowest BCUT2D eigenvalue weighted by atomic mass is 10.1. The molecular formula is C15H14Cl2N2O. The third-order valence-electron chi connectivity index (χ3n) is 2.93. The largest absolute Gasteiger partial charge is 0.323 e. The van der Waals surface area contributed by atoms with Gasteiger partial charge >= 0.3 is 0 Å². The molecule has 0 aromatic heterocycles. The van der Waals surface area contributed by atoms with E-state index in [0.29, 0.717) is 15.7 Å². The van der Waals surface area contributed by atoms with Crippen molar-refractivity contribution in [1.82, 2.24) is 0 Å². The Morgan fingerprint density at radius 2 is 1.80 bits per heavy atom. The number of benzene rings is 2. The molecule has 104 valence electrons. The summed E-state index contributed by atoms with van der Waals surface area (Å²) in [5, 5.41) is 3.37. The lowest BCUT2D eigenvalue weighted by molar-refractivity contribution is -0.117. The van der Waals surface area contributed by atoms with Crippen LogP contribution >= 0.6 is 23.2 Å². The number of hydrogen-bond acceptors (Lipinski definition) is 2. The van der Waals surface area contributed by atoms with E-state index in [1.165, 1.54) is 0 Å². The second kappa shape index (κ2) is 6.27. The fourth-order valence-electron chi connectivity index (χ4n) is 1.74. The summed E-state index contributed by atoms with van der Waals surface area (Å²) in [6, 6.07) is 11.8. The second-order valence-corrected chi connectivity index (χ2v) is 5.26. The van der Waals surface area contributed by atoms with Gasteiger partial charge in [-0.05, 0) is 24.6 Å². The van der Waals surface area contributed by atoms with E-state index in [1.54, 1.807) is 18.2 Å². The molecule has 0 spiro atoms. The van der Waals surface area contributed by atoms with E-state index in [9.17, 15) is 4.79 Å². The van der Waals surface area contributed by atoms with Crippen molar-refractivity contribution in [2.45, 2.75) is 13.0 Å². The van der Waals surface area contributed by atoms with Crippen LogP contribution in [-0.2, 0) is 4.79 Å². The first-order valence-electron chi connectivity index (χ1n) is 6.06. The maximum absolute atomic E-state index is 12.1. The molecule has 1 unspecified atom stereocenters. The van der Waals surface area contributed by atoms with E-state index in [1.807, 2.05) is 31.2 Å². The monoisotopic (exact) mass is 308 g/mol. The zero-order valence-electron chi connectivity index (χ0n) is 10.9. The predicted octanol–water partition coefficient (Wildman–Crippen LogP) is 3.94. The molecule has 1 amide bonds. The fourth-order valence-corrected chi connectivity index (χ4v) is 2.08. The number of nitrogens with one attached hydrogen (secondary N) is 1. The van der Waals surface area contributed by atoms with Crippen LogP contribution in [0.5, 0.6) is 0 Å². The van der Waals surface area contributed by atoms with E-state index in [-0.39, 0.29) is 5.91 Å². The number of hydrogen-bond donors (Lipinski definition) is 2. The van der Waals surface area contributed by atoms with Gasteiger partial charge < -0.3 is 11.1 Å². The first-order chi connectivity index (χ1) is 9.49. The number of aryl methyl sites for hydroxylation is 1. The van der Waals surface area contributed by atoms with Gasteiger partial charge in [0.15, 0.2) is 0 Å². The Balaban J connectivity index is 2.15. The van der Waals surface area contributed by atoms with E-state index < -0.39 is 6.04 Å². The standard InChI is InChI=1S/C15H14Cl2N2O/c1-9-5-7-10(8-6-9)14(18)15(20)19-12-4-2-3-11(16)13(12)17/h2-8,14H,18H2,1H3,(H,19,20). The van der Waals surface area contributed by atoms with Crippen molar-refractivity contribution in [3.63, 3.8) is 0 Å². The van der Waals surface area contributed by atoms with E-state index >= 15 is 0 Å². The minimum absolute atomic E-state index is 0.304. The van der Waals surface area contributed by atoms with Crippen molar-refractivity contribution in [2.75, 3.05) is 5.32 Å². The van der Waals surface area contributed by atoms with Gasteiger partial charge in [0.25, 0.3) is 0 Å².